The maximum Gasteiger partial charge on any atom is 0.265 e. The number of benzene rings is 2. The van der Waals surface area contributed by atoms with Crippen molar-refractivity contribution in [3.8, 4) is 0 Å². The van der Waals surface area contributed by atoms with Crippen molar-refractivity contribution in [1.29, 1.82) is 0 Å². The number of anilines is 2. The molecule has 7 nitrogen and oxygen atoms in total. The predicted octanol–water partition coefficient (Wildman–Crippen LogP) is 3.14. The van der Waals surface area contributed by atoms with Gasteiger partial charge in [-0.2, -0.15) is 0 Å². The molecular formula is C19H20ClN5O2. The Balaban J connectivity index is 1.34. The summed E-state index contributed by atoms with van der Waals surface area (Å²) in [5.74, 6) is -0.272. The smallest absolute Gasteiger partial charge is 0.265 e. The third-order valence-electron chi connectivity index (χ3n) is 4.57. The fourth-order valence-corrected chi connectivity index (χ4v) is 3.36. The lowest BCUT2D eigenvalue weighted by Gasteiger charge is -2.28. The number of hydrogen-bond acceptors (Lipinski definition) is 5. The number of aromatic nitrogens is 3. The van der Waals surface area contributed by atoms with Gasteiger partial charge in [0, 0.05) is 29.5 Å². The number of carbonyl (C=O) groups excluding carboxylic acids is 1. The van der Waals surface area contributed by atoms with E-state index in [9.17, 15) is 4.79 Å². The molecule has 0 atom stereocenters. The van der Waals surface area contributed by atoms with E-state index < -0.39 is 0 Å². The molecule has 1 aromatic heterocycles. The highest BCUT2D eigenvalue weighted by Gasteiger charge is 2.12. The van der Waals surface area contributed by atoms with Crippen LogP contribution in [0.3, 0.4) is 0 Å². The Hall–Kier alpha value is -2.80. The fourth-order valence-electron chi connectivity index (χ4n) is 3.19. The molecule has 3 aromatic rings. The van der Waals surface area contributed by atoms with E-state index in [4.69, 9.17) is 16.4 Å². The Bertz CT molecular complexity index is 935. The monoisotopic (exact) mass is 385 g/mol. The Morgan fingerprint density at radius 3 is 2.67 bits per heavy atom. The molecule has 2 aromatic carbocycles. The minimum atomic E-state index is -0.272. The number of hydrogen-bond donors (Lipinski definition) is 1. The zero-order valence-electron chi connectivity index (χ0n) is 14.8. The van der Waals surface area contributed by atoms with Crippen molar-refractivity contribution in [2.24, 2.45) is 0 Å². The number of nitrogens with zero attached hydrogens (tertiary/aromatic N) is 4. The quantitative estimate of drug-likeness (QED) is 0.730. The fraction of sp³-hybridized carbons (Fsp3) is 0.316. The summed E-state index contributed by atoms with van der Waals surface area (Å²) in [6.07, 6.45) is 3.77. The molecule has 0 saturated carbocycles. The lowest BCUT2D eigenvalue weighted by atomic mass is 10.1. The number of halogens is 1. The minimum absolute atomic E-state index is 0.182. The summed E-state index contributed by atoms with van der Waals surface area (Å²) in [6.45, 7) is 2.00. The molecule has 1 aliphatic heterocycles. The third kappa shape index (κ3) is 4.14. The third-order valence-corrected chi connectivity index (χ3v) is 4.80. The Labute approximate surface area is 161 Å². The van der Waals surface area contributed by atoms with Gasteiger partial charge in [-0.05, 0) is 66.9 Å². The predicted molar refractivity (Wildman–Crippen MR) is 105 cm³/mol. The summed E-state index contributed by atoms with van der Waals surface area (Å²) in [5.41, 5.74) is 3.18. The van der Waals surface area contributed by atoms with Gasteiger partial charge in [0.1, 0.15) is 11.0 Å². The molecule has 1 saturated heterocycles. The molecule has 8 heteroatoms. The number of carbonyl (C=O) groups is 1. The molecule has 1 fully saturated rings. The van der Waals surface area contributed by atoms with Crippen molar-refractivity contribution in [1.82, 2.24) is 15.2 Å². The van der Waals surface area contributed by atoms with Crippen LogP contribution in [0, 0.1) is 0 Å². The van der Waals surface area contributed by atoms with E-state index in [2.05, 4.69) is 20.5 Å². The van der Waals surface area contributed by atoms with Crippen LogP contribution >= 0.6 is 11.6 Å². The average Bonchev–Trinajstić information content (AvgIpc) is 3.10. The van der Waals surface area contributed by atoms with Crippen LogP contribution in [-0.2, 0) is 4.79 Å². The number of rotatable bonds is 5. The molecule has 1 amide bonds. The van der Waals surface area contributed by atoms with Crippen molar-refractivity contribution in [2.75, 3.05) is 29.9 Å². The van der Waals surface area contributed by atoms with Crippen LogP contribution < -0.4 is 15.1 Å². The van der Waals surface area contributed by atoms with E-state index >= 15 is 0 Å². The van der Waals surface area contributed by atoms with E-state index in [1.807, 2.05) is 24.3 Å². The van der Waals surface area contributed by atoms with Gasteiger partial charge in [-0.15, -0.1) is 5.10 Å². The first-order valence-corrected chi connectivity index (χ1v) is 9.36. The van der Waals surface area contributed by atoms with Crippen LogP contribution in [0.15, 0.2) is 42.5 Å². The van der Waals surface area contributed by atoms with Gasteiger partial charge in [0.15, 0.2) is 6.61 Å². The molecule has 2 heterocycles. The van der Waals surface area contributed by atoms with Gasteiger partial charge in [-0.25, -0.2) is 0 Å². The molecule has 140 valence electrons. The summed E-state index contributed by atoms with van der Waals surface area (Å²) in [5, 5.41) is 11.2. The minimum Gasteiger partial charge on any atom is -0.385 e. The van der Waals surface area contributed by atoms with E-state index in [-0.39, 0.29) is 12.5 Å². The van der Waals surface area contributed by atoms with Gasteiger partial charge >= 0.3 is 0 Å². The molecule has 0 spiro atoms. The zero-order valence-corrected chi connectivity index (χ0v) is 15.5. The maximum atomic E-state index is 12.2. The first kappa shape index (κ1) is 17.6. The van der Waals surface area contributed by atoms with Gasteiger partial charge in [0.25, 0.3) is 5.91 Å². The second kappa shape index (κ2) is 7.84. The highest BCUT2D eigenvalue weighted by molar-refractivity contribution is 6.31. The van der Waals surface area contributed by atoms with Gasteiger partial charge in [-0.3, -0.25) is 4.79 Å². The van der Waals surface area contributed by atoms with Crippen LogP contribution in [0.5, 0.6) is 0 Å². The van der Waals surface area contributed by atoms with Crippen molar-refractivity contribution in [3.05, 3.63) is 47.5 Å². The standard InChI is InChI=1S/C19H20ClN5O2/c20-14-4-9-17-18(12-14)25(23-22-17)27-13-19(26)21-15-5-7-16(8-6-15)24-10-2-1-3-11-24/h4-9,12H,1-3,10-11,13H2,(H,21,26). The second-order valence-electron chi connectivity index (χ2n) is 6.51. The largest absolute Gasteiger partial charge is 0.385 e. The number of piperidine rings is 1. The van der Waals surface area contributed by atoms with Crippen LogP contribution in [0.4, 0.5) is 11.4 Å². The summed E-state index contributed by atoms with van der Waals surface area (Å²) in [4.78, 5) is 21.2. The number of amides is 1. The van der Waals surface area contributed by atoms with Crippen molar-refractivity contribution >= 4 is 39.9 Å². The van der Waals surface area contributed by atoms with Gasteiger partial charge < -0.3 is 15.1 Å². The normalized spacial score (nSPS) is 14.3. The van der Waals surface area contributed by atoms with Crippen LogP contribution in [-0.4, -0.2) is 40.8 Å². The van der Waals surface area contributed by atoms with E-state index in [0.717, 1.165) is 18.8 Å². The summed E-state index contributed by atoms with van der Waals surface area (Å²) in [7, 11) is 0. The molecular weight excluding hydrogens is 366 g/mol. The van der Waals surface area contributed by atoms with Crippen molar-refractivity contribution in [3.63, 3.8) is 0 Å². The van der Waals surface area contributed by atoms with Crippen LogP contribution in [0.1, 0.15) is 19.3 Å². The van der Waals surface area contributed by atoms with E-state index in [1.165, 1.54) is 29.8 Å². The SMILES string of the molecule is O=C(COn1nnc2ccc(Cl)cc21)Nc1ccc(N2CCCCC2)cc1. The molecule has 4 rings (SSSR count). The molecule has 1 N–H and O–H groups in total. The Kier molecular flexibility index (Phi) is 5.11. The number of nitrogens with one attached hydrogen (secondary N) is 1. The molecule has 0 bridgehead atoms. The summed E-state index contributed by atoms with van der Waals surface area (Å²) >= 11 is 5.98. The number of fused-ring (bicyclic) bond motifs is 1. The van der Waals surface area contributed by atoms with Gasteiger partial charge in [0.2, 0.25) is 0 Å². The summed E-state index contributed by atoms with van der Waals surface area (Å²) in [6, 6.07) is 13.0. The average molecular weight is 386 g/mol. The lowest BCUT2D eigenvalue weighted by Crippen LogP contribution is -2.29. The van der Waals surface area contributed by atoms with Crippen molar-refractivity contribution < 1.29 is 9.63 Å². The Morgan fingerprint density at radius 1 is 1.11 bits per heavy atom. The van der Waals surface area contributed by atoms with Crippen LogP contribution in [0.2, 0.25) is 5.02 Å². The highest BCUT2D eigenvalue weighted by atomic mass is 35.5. The molecule has 27 heavy (non-hydrogen) atoms. The van der Waals surface area contributed by atoms with Crippen LogP contribution in [0.25, 0.3) is 11.0 Å². The van der Waals surface area contributed by atoms with E-state index in [1.54, 1.807) is 18.2 Å². The first-order chi connectivity index (χ1) is 13.2. The molecule has 0 aliphatic carbocycles. The Morgan fingerprint density at radius 2 is 1.89 bits per heavy atom. The zero-order chi connectivity index (χ0) is 18.6. The first-order valence-electron chi connectivity index (χ1n) is 8.98. The highest BCUT2D eigenvalue weighted by Crippen LogP contribution is 2.22. The summed E-state index contributed by atoms with van der Waals surface area (Å²) < 4.78 is 0. The second-order valence-corrected chi connectivity index (χ2v) is 6.95. The van der Waals surface area contributed by atoms with Gasteiger partial charge in [0.05, 0.1) is 0 Å². The van der Waals surface area contributed by atoms with Gasteiger partial charge in [-0.1, -0.05) is 16.4 Å². The molecule has 0 unspecified atom stereocenters. The lowest BCUT2D eigenvalue weighted by molar-refractivity contribution is -0.121. The molecule has 0 radical (unpaired) electrons. The molecule has 1 aliphatic rings. The van der Waals surface area contributed by atoms with Crippen molar-refractivity contribution in [2.45, 2.75) is 19.3 Å². The maximum absolute atomic E-state index is 12.2. The van der Waals surface area contributed by atoms with E-state index in [0.29, 0.717) is 16.1 Å². The topological polar surface area (TPSA) is 72.3 Å².